The lowest BCUT2D eigenvalue weighted by Gasteiger charge is -2.38. The number of aliphatic hydroxyl groups is 4. The van der Waals surface area contributed by atoms with Crippen LogP contribution in [0.3, 0.4) is 0 Å². The Morgan fingerprint density at radius 2 is 1.82 bits per heavy atom. The fraction of sp³-hybridized carbons (Fsp3) is 0.577. The van der Waals surface area contributed by atoms with Gasteiger partial charge in [-0.2, -0.15) is 0 Å². The molecule has 1 aliphatic heterocycles. The highest BCUT2D eigenvalue weighted by Gasteiger charge is 2.45. The lowest BCUT2D eigenvalue weighted by Crippen LogP contribution is -2.59. The molecule has 5 atom stereocenters. The molecule has 0 bridgehead atoms. The first-order valence-electron chi connectivity index (χ1n) is 11.4. The summed E-state index contributed by atoms with van der Waals surface area (Å²) in [5.41, 5.74) is 4.73. The van der Waals surface area contributed by atoms with Crippen LogP contribution in [0.25, 0.3) is 0 Å². The molecule has 4 N–H and O–H groups in total. The largest absolute Gasteiger partial charge is 0.430 e. The van der Waals surface area contributed by atoms with Crippen LogP contribution in [0.5, 0.6) is 0 Å². The third kappa shape index (κ3) is 7.48. The SMILES string of the molecule is CC(C=CC1=C(C)CCCC1(C)C)=CC=CC(C)=CC(=O)OC1O[C@H](CO)[C@@H](O)[C@H](O)[C@H]1O. The van der Waals surface area contributed by atoms with Crippen molar-refractivity contribution in [3.8, 4) is 0 Å². The van der Waals surface area contributed by atoms with Crippen molar-refractivity contribution in [2.24, 2.45) is 5.41 Å². The minimum Gasteiger partial charge on any atom is -0.430 e. The van der Waals surface area contributed by atoms with Crippen LogP contribution in [0.2, 0.25) is 0 Å². The second kappa shape index (κ2) is 11.9. The van der Waals surface area contributed by atoms with Gasteiger partial charge < -0.3 is 29.9 Å². The van der Waals surface area contributed by atoms with Crippen molar-refractivity contribution in [3.63, 3.8) is 0 Å². The molecule has 0 aromatic rings. The fourth-order valence-corrected chi connectivity index (χ4v) is 4.18. The van der Waals surface area contributed by atoms with Gasteiger partial charge in [-0.15, -0.1) is 0 Å². The average molecular weight is 463 g/mol. The summed E-state index contributed by atoms with van der Waals surface area (Å²) < 4.78 is 10.2. The van der Waals surface area contributed by atoms with E-state index in [2.05, 4.69) is 32.9 Å². The molecule has 0 saturated carbocycles. The molecule has 1 saturated heterocycles. The summed E-state index contributed by atoms with van der Waals surface area (Å²) in [6.07, 6.45) is 7.29. The predicted molar refractivity (Wildman–Crippen MR) is 126 cm³/mol. The fourth-order valence-electron chi connectivity index (χ4n) is 4.18. The summed E-state index contributed by atoms with van der Waals surface area (Å²) in [5.74, 6) is -0.774. The van der Waals surface area contributed by atoms with Crippen LogP contribution in [-0.4, -0.2) is 63.7 Å². The van der Waals surface area contributed by atoms with E-state index in [0.717, 1.165) is 12.0 Å². The number of esters is 1. The van der Waals surface area contributed by atoms with E-state index in [1.807, 2.05) is 19.1 Å². The van der Waals surface area contributed by atoms with E-state index in [1.165, 1.54) is 30.1 Å². The van der Waals surface area contributed by atoms with E-state index >= 15 is 0 Å². The topological polar surface area (TPSA) is 116 Å². The van der Waals surface area contributed by atoms with Gasteiger partial charge >= 0.3 is 5.97 Å². The lowest BCUT2D eigenvalue weighted by atomic mass is 9.72. The van der Waals surface area contributed by atoms with Crippen molar-refractivity contribution < 1.29 is 34.7 Å². The molecule has 2 rings (SSSR count). The molecule has 1 aliphatic carbocycles. The summed E-state index contributed by atoms with van der Waals surface area (Å²) >= 11 is 0. The van der Waals surface area contributed by atoms with E-state index in [1.54, 1.807) is 13.0 Å². The Balaban J connectivity index is 1.96. The van der Waals surface area contributed by atoms with Crippen LogP contribution in [0.15, 0.2) is 58.7 Å². The first kappa shape index (κ1) is 27.2. The second-order valence-electron chi connectivity index (χ2n) is 9.56. The van der Waals surface area contributed by atoms with E-state index in [-0.39, 0.29) is 5.41 Å². The molecule has 0 aromatic heterocycles. The van der Waals surface area contributed by atoms with Gasteiger partial charge in [-0.25, -0.2) is 4.79 Å². The Morgan fingerprint density at radius 1 is 1.12 bits per heavy atom. The van der Waals surface area contributed by atoms with Gasteiger partial charge in [-0.05, 0) is 56.6 Å². The van der Waals surface area contributed by atoms with Crippen molar-refractivity contribution in [2.45, 2.75) is 84.6 Å². The molecule has 2 aliphatic rings. The van der Waals surface area contributed by atoms with Gasteiger partial charge in [0.25, 0.3) is 0 Å². The van der Waals surface area contributed by atoms with Crippen molar-refractivity contribution in [1.29, 1.82) is 0 Å². The van der Waals surface area contributed by atoms with Gasteiger partial charge in [0, 0.05) is 6.08 Å². The van der Waals surface area contributed by atoms with E-state index in [4.69, 9.17) is 9.47 Å². The number of rotatable bonds is 7. The van der Waals surface area contributed by atoms with Crippen LogP contribution in [0.4, 0.5) is 0 Å². The highest BCUT2D eigenvalue weighted by Crippen LogP contribution is 2.40. The predicted octanol–water partition coefficient (Wildman–Crippen LogP) is 2.86. The van der Waals surface area contributed by atoms with E-state index < -0.39 is 43.3 Å². The Hall–Kier alpha value is -2.03. The zero-order valence-corrected chi connectivity index (χ0v) is 20.2. The van der Waals surface area contributed by atoms with Crippen LogP contribution in [-0.2, 0) is 14.3 Å². The molecule has 33 heavy (non-hydrogen) atoms. The van der Waals surface area contributed by atoms with Crippen LogP contribution in [0.1, 0.15) is 53.9 Å². The maximum absolute atomic E-state index is 12.2. The quantitative estimate of drug-likeness (QED) is 0.261. The zero-order chi connectivity index (χ0) is 24.8. The molecule has 0 spiro atoms. The van der Waals surface area contributed by atoms with Gasteiger partial charge in [-0.1, -0.05) is 55.4 Å². The van der Waals surface area contributed by atoms with Gasteiger partial charge in [0.1, 0.15) is 24.4 Å². The molecule has 0 aromatic carbocycles. The smallest absolute Gasteiger partial charge is 0.333 e. The van der Waals surface area contributed by atoms with Crippen molar-refractivity contribution in [1.82, 2.24) is 0 Å². The van der Waals surface area contributed by atoms with Gasteiger partial charge in [0.05, 0.1) is 6.61 Å². The van der Waals surface area contributed by atoms with Crippen molar-refractivity contribution in [3.05, 3.63) is 58.7 Å². The number of carbonyl (C=O) groups is 1. The number of ether oxygens (including phenoxy) is 2. The number of hydrogen-bond donors (Lipinski definition) is 4. The third-order valence-electron chi connectivity index (χ3n) is 6.20. The maximum Gasteiger partial charge on any atom is 0.333 e. The molecule has 0 amide bonds. The first-order valence-corrected chi connectivity index (χ1v) is 11.4. The summed E-state index contributed by atoms with van der Waals surface area (Å²) in [5, 5.41) is 38.7. The normalized spacial score (nSPS) is 31.5. The standard InChI is InChI=1S/C26H38O7/c1-16(11-12-19-18(3)10-7-13-26(19,4)5)8-6-9-17(2)14-21(28)33-25-24(31)23(30)22(29)20(15-27)32-25/h6,8-9,11-12,14,20,22-25,27,29-31H,7,10,13,15H2,1-5H3/t20-,22-,23+,24-,25?/m1/s1. The molecule has 1 unspecified atom stereocenters. The zero-order valence-electron chi connectivity index (χ0n) is 20.2. The molecular formula is C26H38O7. The molecule has 7 nitrogen and oxygen atoms in total. The summed E-state index contributed by atoms with van der Waals surface area (Å²) in [4.78, 5) is 12.2. The Morgan fingerprint density at radius 3 is 2.45 bits per heavy atom. The monoisotopic (exact) mass is 462 g/mol. The van der Waals surface area contributed by atoms with Crippen LogP contribution < -0.4 is 0 Å². The lowest BCUT2D eigenvalue weighted by molar-refractivity contribution is -0.291. The highest BCUT2D eigenvalue weighted by molar-refractivity contribution is 5.83. The highest BCUT2D eigenvalue weighted by atomic mass is 16.7. The van der Waals surface area contributed by atoms with Crippen LogP contribution >= 0.6 is 0 Å². The van der Waals surface area contributed by atoms with Crippen LogP contribution in [0, 0.1) is 5.41 Å². The van der Waals surface area contributed by atoms with Gasteiger partial charge in [0.2, 0.25) is 6.29 Å². The first-order chi connectivity index (χ1) is 15.5. The Bertz CT molecular complexity index is 845. The molecule has 1 fully saturated rings. The Labute approximate surface area is 196 Å². The average Bonchev–Trinajstić information content (AvgIpc) is 2.73. The third-order valence-corrected chi connectivity index (χ3v) is 6.20. The number of aliphatic hydroxyl groups excluding tert-OH is 4. The summed E-state index contributed by atoms with van der Waals surface area (Å²) in [6.45, 7) is 9.92. The van der Waals surface area contributed by atoms with Crippen molar-refractivity contribution >= 4 is 5.97 Å². The van der Waals surface area contributed by atoms with E-state index in [9.17, 15) is 25.2 Å². The molecule has 7 heteroatoms. The molecular weight excluding hydrogens is 424 g/mol. The molecule has 0 radical (unpaired) electrons. The minimum absolute atomic E-state index is 0.190. The van der Waals surface area contributed by atoms with E-state index in [0.29, 0.717) is 5.57 Å². The molecule has 184 valence electrons. The second-order valence-corrected chi connectivity index (χ2v) is 9.56. The minimum atomic E-state index is -1.62. The molecule has 1 heterocycles. The van der Waals surface area contributed by atoms with Gasteiger partial charge in [-0.3, -0.25) is 0 Å². The summed E-state index contributed by atoms with van der Waals surface area (Å²) in [7, 11) is 0. The van der Waals surface area contributed by atoms with Crippen molar-refractivity contribution in [2.75, 3.05) is 6.61 Å². The Kier molecular flexibility index (Phi) is 9.82. The van der Waals surface area contributed by atoms with Gasteiger partial charge in [0.15, 0.2) is 0 Å². The summed E-state index contributed by atoms with van der Waals surface area (Å²) in [6, 6.07) is 0. The number of hydrogen-bond acceptors (Lipinski definition) is 7. The number of carbonyl (C=O) groups excluding carboxylic acids is 1. The number of allylic oxidation sites excluding steroid dienone is 9. The maximum atomic E-state index is 12.2.